The molecule has 9 rings (SSSR count). The number of hydrogen-bond donors (Lipinski definition) is 0. The van der Waals surface area contributed by atoms with E-state index < -0.39 is 23.9 Å². The number of ether oxygens (including phenoxy) is 9. The molecule has 0 aromatic heterocycles. The monoisotopic (exact) mass is 1680 g/mol. The molecule has 12 heteroatoms. The number of esters is 3. The summed E-state index contributed by atoms with van der Waals surface area (Å²) in [6.07, 6.45) is 59.0. The lowest BCUT2D eigenvalue weighted by Gasteiger charge is -2.32. The van der Waals surface area contributed by atoms with Gasteiger partial charge in [0.2, 0.25) is 0 Å². The average molecular weight is 1680 g/mol. The summed E-state index contributed by atoms with van der Waals surface area (Å²) in [6, 6.07) is 47.2. The first-order chi connectivity index (χ1) is 60.3. The summed E-state index contributed by atoms with van der Waals surface area (Å²) in [7, 11) is 0. The van der Waals surface area contributed by atoms with Gasteiger partial charge in [-0.1, -0.05) is 313 Å². The van der Waals surface area contributed by atoms with Crippen molar-refractivity contribution in [1.29, 1.82) is 0 Å². The summed E-state index contributed by atoms with van der Waals surface area (Å²) in [5.41, 5.74) is 7.21. The zero-order chi connectivity index (χ0) is 86.6. The fraction of sp³-hybridized carbons (Fsp3) is 0.595. The SMILES string of the molecule is C=C(C(=O)Oc1ccc(C2CCC(CCCCC)CC2)cc1)c1ccc(OCCCCCCCCCCOC(CC)(OCCCCCCCCCCOc2ccc(C(=C)C(=O)Oc3ccc(C4CCC(CCCCC)CC4)cc3)cc2)OCCCCCCCCCCOc2ccc(C(=C)C(=O)Oc3ccc(C4CCC(CCCCC)CC4)cc3)cc2)cc1. The molecule has 0 saturated heterocycles. The predicted octanol–water partition coefficient (Wildman–Crippen LogP) is 31.1. The van der Waals surface area contributed by atoms with Crippen LogP contribution in [0, 0.1) is 17.8 Å². The summed E-state index contributed by atoms with van der Waals surface area (Å²) in [6.45, 7) is 25.0. The standard InChI is InChI=1S/C111H158O12/c1-8-12-33-42-90-45-51-96(52-46-90)99-63-75-105(76-64-99)121-108(112)87(5)93-57-69-102(70-58-93)115-81-36-27-21-15-18-24-30-39-84-118-111(11-4,119-85-40-31-25-19-16-22-28-37-82-116-103-71-59-94(60-72-103)88(6)109(113)122-106-77-65-100(66-78-106)97-53-47-91(48-54-97)43-34-13-9-2)120-86-41-32-26-20-17-23-29-38-83-117-104-73-61-95(62-74-104)89(7)110(114)123-107-79-67-101(68-80-107)98-55-49-92(50-56-98)44-35-14-10-3/h57-80,90-92,96-98H,5-56,81-86H2,1-4H3. The second-order valence-corrected chi connectivity index (χ2v) is 36.1. The van der Waals surface area contributed by atoms with Crippen molar-refractivity contribution in [3.8, 4) is 34.5 Å². The first-order valence-corrected chi connectivity index (χ1v) is 49.5. The Kier molecular flexibility index (Phi) is 47.1. The molecule has 0 radical (unpaired) electrons. The Morgan fingerprint density at radius 3 is 0.691 bits per heavy atom. The van der Waals surface area contributed by atoms with Crippen LogP contribution in [0.15, 0.2) is 165 Å². The van der Waals surface area contributed by atoms with Crippen LogP contribution in [-0.2, 0) is 28.6 Å². The molecule has 0 heterocycles. The van der Waals surface area contributed by atoms with Gasteiger partial charge in [-0.3, -0.25) is 0 Å². The third-order valence-electron chi connectivity index (χ3n) is 26.5. The third kappa shape index (κ3) is 37.4. The fourth-order valence-electron chi connectivity index (χ4n) is 18.4. The van der Waals surface area contributed by atoms with Crippen LogP contribution in [0.4, 0.5) is 0 Å². The molecule has 3 aliphatic carbocycles. The van der Waals surface area contributed by atoms with E-state index in [4.69, 9.17) is 42.6 Å². The summed E-state index contributed by atoms with van der Waals surface area (Å²) >= 11 is 0. The molecular formula is C111H158O12. The van der Waals surface area contributed by atoms with Gasteiger partial charge in [0.25, 0.3) is 5.97 Å². The number of hydrogen-bond acceptors (Lipinski definition) is 12. The Morgan fingerprint density at radius 1 is 0.260 bits per heavy atom. The van der Waals surface area contributed by atoms with Gasteiger partial charge in [-0.25, -0.2) is 14.4 Å². The predicted molar refractivity (Wildman–Crippen MR) is 507 cm³/mol. The Morgan fingerprint density at radius 2 is 0.472 bits per heavy atom. The average Bonchev–Trinajstić information content (AvgIpc) is 0.854. The van der Waals surface area contributed by atoms with Gasteiger partial charge in [0, 0.05) is 6.42 Å². The first-order valence-electron chi connectivity index (χ1n) is 49.5. The lowest BCUT2D eigenvalue weighted by Crippen LogP contribution is -2.39. The minimum atomic E-state index is -1.02. The van der Waals surface area contributed by atoms with Crippen molar-refractivity contribution in [1.82, 2.24) is 0 Å². The van der Waals surface area contributed by atoms with Gasteiger partial charge in [0.1, 0.15) is 34.5 Å². The van der Waals surface area contributed by atoms with Crippen molar-refractivity contribution in [2.24, 2.45) is 17.8 Å². The van der Waals surface area contributed by atoms with Crippen LogP contribution in [0.1, 0.15) is 393 Å². The number of carbonyl (C=O) groups excluding carboxylic acids is 3. The zero-order valence-corrected chi connectivity index (χ0v) is 76.7. The molecule has 0 atom stereocenters. The second kappa shape index (κ2) is 58.5. The molecular weight excluding hydrogens is 1530 g/mol. The second-order valence-electron chi connectivity index (χ2n) is 36.1. The van der Waals surface area contributed by atoms with E-state index in [0.29, 0.717) is 97.8 Å². The normalized spacial score (nSPS) is 17.7. The van der Waals surface area contributed by atoms with Gasteiger partial charge in [-0.15, -0.1) is 0 Å². The van der Waals surface area contributed by atoms with Gasteiger partial charge >= 0.3 is 17.9 Å². The van der Waals surface area contributed by atoms with E-state index in [1.807, 2.05) is 109 Å². The van der Waals surface area contributed by atoms with Crippen LogP contribution in [0.2, 0.25) is 0 Å². The number of carbonyl (C=O) groups is 3. The maximum atomic E-state index is 13.1. The molecule has 6 aromatic rings. The van der Waals surface area contributed by atoms with Crippen molar-refractivity contribution < 1.29 is 57.0 Å². The summed E-state index contributed by atoms with van der Waals surface area (Å²) in [4.78, 5) is 39.4. The van der Waals surface area contributed by atoms with E-state index in [-0.39, 0.29) is 0 Å². The molecule has 3 fully saturated rings. The van der Waals surface area contributed by atoms with Crippen LogP contribution in [0.3, 0.4) is 0 Å². The smallest absolute Gasteiger partial charge is 0.343 e. The third-order valence-corrected chi connectivity index (χ3v) is 26.5. The maximum Gasteiger partial charge on any atom is 0.343 e. The van der Waals surface area contributed by atoms with Crippen molar-refractivity contribution in [2.75, 3.05) is 39.6 Å². The van der Waals surface area contributed by atoms with Crippen LogP contribution in [0.25, 0.3) is 16.7 Å². The van der Waals surface area contributed by atoms with Crippen LogP contribution >= 0.6 is 0 Å². The van der Waals surface area contributed by atoms with Crippen molar-refractivity contribution in [3.05, 3.63) is 199 Å². The molecule has 6 aromatic carbocycles. The van der Waals surface area contributed by atoms with Crippen molar-refractivity contribution in [3.63, 3.8) is 0 Å². The molecule has 123 heavy (non-hydrogen) atoms. The molecule has 674 valence electrons. The van der Waals surface area contributed by atoms with E-state index >= 15 is 0 Å². The topological polar surface area (TPSA) is 134 Å². The minimum absolute atomic E-state index is 0.330. The Hall–Kier alpha value is -7.77. The lowest BCUT2D eigenvalue weighted by molar-refractivity contribution is -0.382. The Bertz CT molecular complexity index is 3470. The van der Waals surface area contributed by atoms with Crippen LogP contribution < -0.4 is 28.4 Å². The quantitative estimate of drug-likeness (QED) is 0.0118. The highest BCUT2D eigenvalue weighted by molar-refractivity contribution is 6.17. The van der Waals surface area contributed by atoms with E-state index in [1.54, 1.807) is 0 Å². The molecule has 12 nitrogen and oxygen atoms in total. The number of unbranched alkanes of at least 4 members (excludes halogenated alkanes) is 27. The van der Waals surface area contributed by atoms with Crippen molar-refractivity contribution >= 4 is 34.6 Å². The zero-order valence-electron chi connectivity index (χ0n) is 76.7. The van der Waals surface area contributed by atoms with Crippen LogP contribution in [0.5, 0.6) is 34.5 Å². The van der Waals surface area contributed by atoms with E-state index in [0.717, 1.165) is 129 Å². The minimum Gasteiger partial charge on any atom is -0.494 e. The fourth-order valence-corrected chi connectivity index (χ4v) is 18.4. The highest BCUT2D eigenvalue weighted by Gasteiger charge is 2.32. The largest absolute Gasteiger partial charge is 0.494 e. The highest BCUT2D eigenvalue weighted by Crippen LogP contribution is 2.42. The first kappa shape index (κ1) is 99.0. The van der Waals surface area contributed by atoms with E-state index in [9.17, 15) is 14.4 Å². The van der Waals surface area contributed by atoms with E-state index in [2.05, 4.69) is 83.8 Å². The molecule has 3 saturated carbocycles. The Balaban J connectivity index is 0.603. The molecule has 0 unspecified atom stereocenters. The maximum absolute atomic E-state index is 13.1. The van der Waals surface area contributed by atoms with Gasteiger partial charge in [0.15, 0.2) is 0 Å². The number of rotatable bonds is 64. The Labute approximate surface area is 744 Å². The van der Waals surface area contributed by atoms with Gasteiger partial charge in [0.05, 0.1) is 56.4 Å². The summed E-state index contributed by atoms with van der Waals surface area (Å²) in [5.74, 6) is 6.10. The summed E-state index contributed by atoms with van der Waals surface area (Å²) in [5, 5.41) is 0. The van der Waals surface area contributed by atoms with E-state index in [1.165, 1.54) is 248 Å². The molecule has 0 bridgehead atoms. The molecule has 0 aliphatic heterocycles. The molecule has 0 spiro atoms. The summed E-state index contributed by atoms with van der Waals surface area (Å²) < 4.78 is 55.4. The highest BCUT2D eigenvalue weighted by atomic mass is 16.9. The molecule has 0 amide bonds. The number of benzene rings is 6. The van der Waals surface area contributed by atoms with Crippen LogP contribution in [-0.4, -0.2) is 63.5 Å². The van der Waals surface area contributed by atoms with Gasteiger partial charge in [-0.2, -0.15) is 0 Å². The van der Waals surface area contributed by atoms with Crippen molar-refractivity contribution in [2.45, 2.75) is 366 Å². The van der Waals surface area contributed by atoms with Gasteiger partial charge < -0.3 is 42.6 Å². The van der Waals surface area contributed by atoms with Gasteiger partial charge in [-0.05, 0) is 257 Å². The molecule has 0 N–H and O–H groups in total. The lowest BCUT2D eigenvalue weighted by atomic mass is 9.77. The molecule has 3 aliphatic rings.